The highest BCUT2D eigenvalue weighted by Gasteiger charge is 2.31. The topological polar surface area (TPSA) is 61.6 Å². The average molecular weight is 485 g/mol. The Bertz CT molecular complexity index is 920. The molecule has 2 aliphatic carbocycles. The van der Waals surface area contributed by atoms with Crippen LogP contribution in [0.5, 0.6) is 5.75 Å². The predicted molar refractivity (Wildman–Crippen MR) is 144 cm³/mol. The monoisotopic (exact) mass is 484 g/mol. The number of aromatic nitrogens is 1. The molecule has 0 radical (unpaired) electrons. The summed E-state index contributed by atoms with van der Waals surface area (Å²) in [5.74, 6) is 1.30. The maximum Gasteiger partial charge on any atom is 0.186 e. The van der Waals surface area contributed by atoms with E-state index in [-0.39, 0.29) is 0 Å². The van der Waals surface area contributed by atoms with Crippen molar-refractivity contribution in [2.75, 3.05) is 11.5 Å². The molecule has 2 saturated carbocycles. The summed E-state index contributed by atoms with van der Waals surface area (Å²) < 4.78 is 7.28. The molecule has 2 aromatic rings. The summed E-state index contributed by atoms with van der Waals surface area (Å²) in [6.07, 6.45) is 15.5. The van der Waals surface area contributed by atoms with Crippen LogP contribution in [-0.2, 0) is 0 Å². The number of rotatable bonds is 9. The first-order chi connectivity index (χ1) is 16.3. The molecule has 0 bridgehead atoms. The standard InChI is InChI=1S/C28H44N4OS/c1-20(19-28(2,3)4)15-16-33-25-17-24-26(18-23(25)31-29)34-27(30-24)32(21-11-7-5-8-12-21)22-13-9-6-10-14-22/h17-18,20-22,29H,5-16,19H2,1-4H3. The molecule has 1 atom stereocenters. The molecule has 188 valence electrons. The zero-order chi connectivity index (χ0) is 24.1. The van der Waals surface area contributed by atoms with E-state index in [2.05, 4.69) is 37.7 Å². The van der Waals surface area contributed by atoms with E-state index in [0.29, 0.717) is 41.5 Å². The lowest BCUT2D eigenvalue weighted by Gasteiger charge is -2.41. The molecule has 34 heavy (non-hydrogen) atoms. The van der Waals surface area contributed by atoms with Gasteiger partial charge < -0.3 is 9.64 Å². The summed E-state index contributed by atoms with van der Waals surface area (Å²) in [5.41, 5.74) is 9.67. The van der Waals surface area contributed by atoms with Gasteiger partial charge >= 0.3 is 0 Å². The first kappa shape index (κ1) is 25.4. The van der Waals surface area contributed by atoms with Crippen molar-refractivity contribution in [1.82, 2.24) is 4.98 Å². The van der Waals surface area contributed by atoms with E-state index in [9.17, 15) is 0 Å². The Hall–Kier alpha value is -1.69. The zero-order valence-corrected chi connectivity index (χ0v) is 22.6. The second-order valence-electron chi connectivity index (χ2n) is 11.9. The fourth-order valence-corrected chi connectivity index (χ4v) is 7.22. The Kier molecular flexibility index (Phi) is 8.49. The van der Waals surface area contributed by atoms with Crippen molar-refractivity contribution in [3.05, 3.63) is 12.1 Å². The second-order valence-corrected chi connectivity index (χ2v) is 12.9. The van der Waals surface area contributed by atoms with Crippen LogP contribution in [-0.4, -0.2) is 23.7 Å². The van der Waals surface area contributed by atoms with Crippen molar-refractivity contribution in [2.24, 2.45) is 16.4 Å². The number of fused-ring (bicyclic) bond motifs is 1. The van der Waals surface area contributed by atoms with Crippen LogP contribution < -0.4 is 9.64 Å². The summed E-state index contributed by atoms with van der Waals surface area (Å²) in [6.45, 7) is 9.82. The third-order valence-electron chi connectivity index (χ3n) is 7.56. The largest absolute Gasteiger partial charge is 0.491 e. The molecule has 2 aliphatic rings. The molecule has 0 saturated heterocycles. The Morgan fingerprint density at radius 3 is 2.24 bits per heavy atom. The van der Waals surface area contributed by atoms with Gasteiger partial charge in [-0.25, -0.2) is 10.5 Å². The molecule has 1 unspecified atom stereocenters. The summed E-state index contributed by atoms with van der Waals surface area (Å²) in [4.78, 5) is 7.86. The lowest BCUT2D eigenvalue weighted by molar-refractivity contribution is 0.241. The molecule has 0 amide bonds. The van der Waals surface area contributed by atoms with Crippen LogP contribution in [0.4, 0.5) is 10.8 Å². The summed E-state index contributed by atoms with van der Waals surface area (Å²) in [5, 5.41) is 4.97. The number of benzene rings is 1. The van der Waals surface area contributed by atoms with Crippen molar-refractivity contribution < 1.29 is 4.74 Å². The van der Waals surface area contributed by atoms with Gasteiger partial charge in [0.25, 0.3) is 0 Å². The van der Waals surface area contributed by atoms with E-state index >= 15 is 0 Å². The molecule has 2 fully saturated rings. The van der Waals surface area contributed by atoms with Gasteiger partial charge in [0.05, 0.1) is 16.8 Å². The second kappa shape index (κ2) is 11.4. The Morgan fingerprint density at radius 1 is 1.06 bits per heavy atom. The van der Waals surface area contributed by atoms with Gasteiger partial charge in [-0.15, -0.1) is 0 Å². The van der Waals surface area contributed by atoms with Gasteiger partial charge in [-0.05, 0) is 55.9 Å². The number of hydrogen-bond donors (Lipinski definition) is 1. The molecule has 6 heteroatoms. The first-order valence-corrected chi connectivity index (χ1v) is 14.4. The van der Waals surface area contributed by atoms with Crippen LogP contribution >= 0.6 is 11.3 Å². The highest BCUT2D eigenvalue weighted by Crippen LogP contribution is 2.41. The fraction of sp³-hybridized carbons (Fsp3) is 0.750. The average Bonchev–Trinajstić information content (AvgIpc) is 3.21. The zero-order valence-electron chi connectivity index (χ0n) is 21.7. The molecule has 1 aromatic heterocycles. The fourth-order valence-electron chi connectivity index (χ4n) is 6.09. The molecule has 1 heterocycles. The van der Waals surface area contributed by atoms with E-state index in [1.165, 1.54) is 75.8 Å². The van der Waals surface area contributed by atoms with Crippen LogP contribution in [0.1, 0.15) is 105 Å². The number of nitrogens with zero attached hydrogens (tertiary/aromatic N) is 3. The Balaban J connectivity index is 1.54. The van der Waals surface area contributed by atoms with Crippen molar-refractivity contribution in [2.45, 2.75) is 117 Å². The van der Waals surface area contributed by atoms with Gasteiger partial charge in [0.2, 0.25) is 0 Å². The highest BCUT2D eigenvalue weighted by atomic mass is 32.1. The van der Waals surface area contributed by atoms with Crippen LogP contribution in [0.15, 0.2) is 17.2 Å². The minimum atomic E-state index is 0.333. The third kappa shape index (κ3) is 6.50. The number of anilines is 1. The van der Waals surface area contributed by atoms with Crippen molar-refractivity contribution >= 4 is 32.4 Å². The van der Waals surface area contributed by atoms with E-state index < -0.39 is 0 Å². The summed E-state index contributed by atoms with van der Waals surface area (Å²) in [6, 6.07) is 5.28. The molecular formula is C28H44N4OS. The minimum absolute atomic E-state index is 0.333. The van der Waals surface area contributed by atoms with Crippen LogP contribution in [0.3, 0.4) is 0 Å². The Labute approximate surface area is 210 Å². The van der Waals surface area contributed by atoms with Crippen molar-refractivity contribution in [1.29, 1.82) is 5.53 Å². The van der Waals surface area contributed by atoms with E-state index in [1.54, 1.807) is 11.3 Å². The smallest absolute Gasteiger partial charge is 0.186 e. The quantitative estimate of drug-likeness (QED) is 0.361. The van der Waals surface area contributed by atoms with E-state index in [0.717, 1.165) is 16.6 Å². The van der Waals surface area contributed by atoms with Gasteiger partial charge in [0, 0.05) is 18.2 Å². The van der Waals surface area contributed by atoms with Crippen LogP contribution in [0.25, 0.3) is 10.2 Å². The maximum atomic E-state index is 7.73. The molecule has 0 aliphatic heterocycles. The predicted octanol–water partition coefficient (Wildman–Crippen LogP) is 9.27. The van der Waals surface area contributed by atoms with Gasteiger partial charge in [-0.1, -0.05) is 77.6 Å². The number of ether oxygens (including phenoxy) is 1. The lowest BCUT2D eigenvalue weighted by Crippen LogP contribution is -2.45. The number of thiazole rings is 1. The summed E-state index contributed by atoms with van der Waals surface area (Å²) >= 11 is 1.78. The van der Waals surface area contributed by atoms with Gasteiger partial charge in [-0.2, -0.15) is 5.11 Å². The Morgan fingerprint density at radius 2 is 1.68 bits per heavy atom. The number of hydrogen-bond acceptors (Lipinski definition) is 6. The van der Waals surface area contributed by atoms with Crippen molar-refractivity contribution in [3.8, 4) is 5.75 Å². The third-order valence-corrected chi connectivity index (χ3v) is 8.60. The number of nitrogens with one attached hydrogen (secondary N) is 1. The molecule has 4 rings (SSSR count). The maximum absolute atomic E-state index is 7.73. The van der Waals surface area contributed by atoms with Crippen LogP contribution in [0.2, 0.25) is 0 Å². The lowest BCUT2D eigenvalue weighted by atomic mass is 9.84. The SMILES string of the molecule is CC(CCOc1cc2nc(N(C3CCCCC3)C3CCCCC3)sc2cc1N=N)CC(C)(C)C. The molecule has 0 spiro atoms. The first-order valence-electron chi connectivity index (χ1n) is 13.6. The van der Waals surface area contributed by atoms with Crippen molar-refractivity contribution in [3.63, 3.8) is 0 Å². The van der Waals surface area contributed by atoms with Gasteiger partial charge in [0.1, 0.15) is 11.4 Å². The van der Waals surface area contributed by atoms with E-state index in [1.807, 2.05) is 12.1 Å². The molecular weight excluding hydrogens is 440 g/mol. The normalized spacial score (nSPS) is 19.3. The molecule has 1 aromatic carbocycles. The van der Waals surface area contributed by atoms with Gasteiger partial charge in [-0.3, -0.25) is 0 Å². The summed E-state index contributed by atoms with van der Waals surface area (Å²) in [7, 11) is 0. The minimum Gasteiger partial charge on any atom is -0.491 e. The molecule has 5 nitrogen and oxygen atoms in total. The van der Waals surface area contributed by atoms with Gasteiger partial charge in [0.15, 0.2) is 5.13 Å². The van der Waals surface area contributed by atoms with E-state index in [4.69, 9.17) is 15.3 Å². The molecule has 1 N–H and O–H groups in total. The van der Waals surface area contributed by atoms with Crippen LogP contribution in [0, 0.1) is 16.9 Å². The highest BCUT2D eigenvalue weighted by molar-refractivity contribution is 7.22.